The van der Waals surface area contributed by atoms with E-state index in [9.17, 15) is 4.39 Å². The van der Waals surface area contributed by atoms with E-state index in [0.29, 0.717) is 0 Å². The number of aromatic nitrogens is 2. The van der Waals surface area contributed by atoms with Crippen molar-refractivity contribution in [3.05, 3.63) is 41.3 Å². The fourth-order valence-electron chi connectivity index (χ4n) is 2.76. The Balaban J connectivity index is 1.94. The van der Waals surface area contributed by atoms with E-state index in [0.717, 1.165) is 57.8 Å². The number of hydrogen-bond acceptors (Lipinski definition) is 5. The highest BCUT2D eigenvalue weighted by Crippen LogP contribution is 2.40. The highest BCUT2D eigenvalue weighted by molar-refractivity contribution is 7.19. The topological polar surface area (TPSA) is 58.0 Å². The minimum Gasteiger partial charge on any atom is -0.396 e. The fraction of sp³-hybridized carbons (Fsp3) is 0.333. The normalized spacial score (nSPS) is 11.1. The molecular weight excluding hydrogens is 325 g/mol. The van der Waals surface area contributed by atoms with Crippen LogP contribution in [-0.4, -0.2) is 28.2 Å². The largest absolute Gasteiger partial charge is 0.396 e. The zero-order valence-electron chi connectivity index (χ0n) is 13.6. The molecule has 0 spiro atoms. The molecule has 0 saturated carbocycles. The average Bonchev–Trinajstić information content (AvgIpc) is 2.92. The highest BCUT2D eigenvalue weighted by atomic mass is 32.1. The number of unbranched alkanes of at least 4 members (excludes halogenated alkanes) is 2. The van der Waals surface area contributed by atoms with Crippen molar-refractivity contribution >= 4 is 27.4 Å². The SMILES string of the molecule is Cc1sc2ncnc(NCCCCCO)c2c1-c1ccc(F)cc1. The van der Waals surface area contributed by atoms with Gasteiger partial charge in [-0.2, -0.15) is 0 Å². The van der Waals surface area contributed by atoms with E-state index in [4.69, 9.17) is 5.11 Å². The van der Waals surface area contributed by atoms with Gasteiger partial charge >= 0.3 is 0 Å². The van der Waals surface area contributed by atoms with Gasteiger partial charge in [-0.05, 0) is 43.9 Å². The van der Waals surface area contributed by atoms with Crippen LogP contribution in [0.4, 0.5) is 10.2 Å². The summed E-state index contributed by atoms with van der Waals surface area (Å²) in [6.07, 6.45) is 4.34. The van der Waals surface area contributed by atoms with Crippen LogP contribution in [0.3, 0.4) is 0 Å². The Kier molecular flexibility index (Phi) is 5.37. The first-order chi connectivity index (χ1) is 11.7. The van der Waals surface area contributed by atoms with Crippen LogP contribution in [0.25, 0.3) is 21.3 Å². The van der Waals surface area contributed by atoms with Crippen LogP contribution in [0.2, 0.25) is 0 Å². The molecule has 0 fully saturated rings. The number of benzene rings is 1. The summed E-state index contributed by atoms with van der Waals surface area (Å²) in [6, 6.07) is 6.54. The fourth-order valence-corrected chi connectivity index (χ4v) is 3.78. The van der Waals surface area contributed by atoms with E-state index in [2.05, 4.69) is 22.2 Å². The molecule has 4 nitrogen and oxygen atoms in total. The minimum absolute atomic E-state index is 0.232. The zero-order valence-corrected chi connectivity index (χ0v) is 14.4. The van der Waals surface area contributed by atoms with E-state index < -0.39 is 0 Å². The summed E-state index contributed by atoms with van der Waals surface area (Å²) in [7, 11) is 0. The van der Waals surface area contributed by atoms with Crippen molar-refractivity contribution in [2.24, 2.45) is 0 Å². The number of nitrogens with zero attached hydrogens (tertiary/aromatic N) is 2. The maximum absolute atomic E-state index is 13.2. The summed E-state index contributed by atoms with van der Waals surface area (Å²) in [6.45, 7) is 3.08. The Morgan fingerprint density at radius 1 is 1.12 bits per heavy atom. The summed E-state index contributed by atoms with van der Waals surface area (Å²) >= 11 is 1.62. The molecule has 0 aliphatic carbocycles. The molecule has 1 aromatic carbocycles. The number of rotatable bonds is 7. The molecule has 0 amide bonds. The number of fused-ring (bicyclic) bond motifs is 1. The second-order valence-electron chi connectivity index (χ2n) is 5.65. The van der Waals surface area contributed by atoms with Crippen LogP contribution in [-0.2, 0) is 0 Å². The molecule has 2 heterocycles. The Hall–Kier alpha value is -2.05. The monoisotopic (exact) mass is 345 g/mol. The van der Waals surface area contributed by atoms with Crippen molar-refractivity contribution in [1.82, 2.24) is 9.97 Å². The van der Waals surface area contributed by atoms with Gasteiger partial charge in [0.25, 0.3) is 0 Å². The molecule has 0 aliphatic heterocycles. The van der Waals surface area contributed by atoms with Gasteiger partial charge in [0.2, 0.25) is 0 Å². The maximum atomic E-state index is 13.2. The van der Waals surface area contributed by atoms with E-state index in [1.807, 2.05) is 0 Å². The molecule has 0 saturated heterocycles. The van der Waals surface area contributed by atoms with Crippen LogP contribution in [0.15, 0.2) is 30.6 Å². The van der Waals surface area contributed by atoms with Gasteiger partial charge in [0.1, 0.15) is 22.8 Å². The number of aryl methyl sites for hydroxylation is 1. The number of anilines is 1. The number of thiophene rings is 1. The van der Waals surface area contributed by atoms with Crippen molar-refractivity contribution < 1.29 is 9.50 Å². The molecule has 0 unspecified atom stereocenters. The van der Waals surface area contributed by atoms with Crippen molar-refractivity contribution in [1.29, 1.82) is 0 Å². The first-order valence-corrected chi connectivity index (χ1v) is 8.87. The number of halogens is 1. The number of aliphatic hydroxyl groups excluding tert-OH is 1. The first kappa shape index (κ1) is 16.8. The smallest absolute Gasteiger partial charge is 0.138 e. The van der Waals surface area contributed by atoms with Crippen molar-refractivity contribution in [2.45, 2.75) is 26.2 Å². The van der Waals surface area contributed by atoms with Gasteiger partial charge in [0.15, 0.2) is 0 Å². The Morgan fingerprint density at radius 3 is 2.67 bits per heavy atom. The summed E-state index contributed by atoms with van der Waals surface area (Å²) in [5.41, 5.74) is 2.03. The van der Waals surface area contributed by atoms with Gasteiger partial charge < -0.3 is 10.4 Å². The Labute approximate surface area is 144 Å². The molecule has 0 bridgehead atoms. The molecular formula is C18H20FN3OS. The second kappa shape index (κ2) is 7.68. The van der Waals surface area contributed by atoms with Crippen molar-refractivity contribution in [3.63, 3.8) is 0 Å². The molecule has 2 aromatic heterocycles. The molecule has 126 valence electrons. The van der Waals surface area contributed by atoms with E-state index in [1.54, 1.807) is 29.8 Å². The van der Waals surface area contributed by atoms with Gasteiger partial charge in [-0.3, -0.25) is 0 Å². The van der Waals surface area contributed by atoms with E-state index in [1.165, 1.54) is 12.1 Å². The zero-order chi connectivity index (χ0) is 16.9. The molecule has 3 rings (SSSR count). The quantitative estimate of drug-likeness (QED) is 0.624. The summed E-state index contributed by atoms with van der Waals surface area (Å²) in [5, 5.41) is 13.2. The van der Waals surface area contributed by atoms with Crippen LogP contribution < -0.4 is 5.32 Å². The van der Waals surface area contributed by atoms with E-state index >= 15 is 0 Å². The van der Waals surface area contributed by atoms with Crippen molar-refractivity contribution in [2.75, 3.05) is 18.5 Å². The van der Waals surface area contributed by atoms with Gasteiger partial charge in [-0.1, -0.05) is 12.1 Å². The maximum Gasteiger partial charge on any atom is 0.138 e. The van der Waals surface area contributed by atoms with Gasteiger partial charge in [-0.25, -0.2) is 14.4 Å². The van der Waals surface area contributed by atoms with Crippen molar-refractivity contribution in [3.8, 4) is 11.1 Å². The number of hydrogen-bond donors (Lipinski definition) is 2. The third-order valence-corrected chi connectivity index (χ3v) is 4.94. The molecule has 0 aliphatic rings. The summed E-state index contributed by atoms with van der Waals surface area (Å²) < 4.78 is 13.2. The summed E-state index contributed by atoms with van der Waals surface area (Å²) in [4.78, 5) is 10.9. The summed E-state index contributed by atoms with van der Waals surface area (Å²) in [5.74, 6) is 0.571. The van der Waals surface area contributed by atoms with Gasteiger partial charge in [-0.15, -0.1) is 11.3 Å². The van der Waals surface area contributed by atoms with E-state index in [-0.39, 0.29) is 12.4 Å². The Morgan fingerprint density at radius 2 is 1.92 bits per heavy atom. The average molecular weight is 345 g/mol. The minimum atomic E-state index is -0.241. The second-order valence-corrected chi connectivity index (χ2v) is 6.86. The van der Waals surface area contributed by atoms with Gasteiger partial charge in [0.05, 0.1) is 5.39 Å². The number of aliphatic hydroxyl groups is 1. The first-order valence-electron chi connectivity index (χ1n) is 8.05. The molecule has 2 N–H and O–H groups in total. The predicted octanol–water partition coefficient (Wildman–Crippen LogP) is 4.38. The van der Waals surface area contributed by atoms with Crippen LogP contribution in [0.1, 0.15) is 24.1 Å². The lowest BCUT2D eigenvalue weighted by atomic mass is 10.0. The molecule has 0 radical (unpaired) electrons. The molecule has 0 atom stereocenters. The lowest BCUT2D eigenvalue weighted by Gasteiger charge is -2.09. The molecule has 24 heavy (non-hydrogen) atoms. The predicted molar refractivity (Wildman–Crippen MR) is 97.0 cm³/mol. The third-order valence-electron chi connectivity index (χ3n) is 3.92. The third kappa shape index (κ3) is 3.55. The lowest BCUT2D eigenvalue weighted by Crippen LogP contribution is -2.04. The molecule has 3 aromatic rings. The lowest BCUT2D eigenvalue weighted by molar-refractivity contribution is 0.283. The standard InChI is InChI=1S/C18H20FN3OS/c1-12-15(13-5-7-14(19)8-6-13)16-17(20-9-3-2-4-10-23)21-11-22-18(16)24-12/h5-8,11,23H,2-4,9-10H2,1H3,(H,20,21,22). The molecule has 6 heteroatoms. The number of nitrogens with one attached hydrogen (secondary N) is 1. The highest BCUT2D eigenvalue weighted by Gasteiger charge is 2.16. The van der Waals surface area contributed by atoms with Crippen LogP contribution in [0.5, 0.6) is 0 Å². The van der Waals surface area contributed by atoms with Crippen LogP contribution in [0, 0.1) is 12.7 Å². The van der Waals surface area contributed by atoms with Crippen LogP contribution >= 0.6 is 11.3 Å². The Bertz CT molecular complexity index is 817. The van der Waals surface area contributed by atoms with Gasteiger partial charge in [0, 0.05) is 23.6 Å².